The van der Waals surface area contributed by atoms with E-state index in [4.69, 9.17) is 11.6 Å². The van der Waals surface area contributed by atoms with Crippen LogP contribution in [-0.2, 0) is 15.9 Å². The summed E-state index contributed by atoms with van der Waals surface area (Å²) >= 11 is 7.00. The summed E-state index contributed by atoms with van der Waals surface area (Å²) < 4.78 is 27.0. The number of thiophene rings is 1. The highest BCUT2D eigenvalue weighted by atomic mass is 35.5. The summed E-state index contributed by atoms with van der Waals surface area (Å²) in [5.74, 6) is 0.874. The van der Waals surface area contributed by atoms with Gasteiger partial charge in [-0.15, -0.1) is 22.9 Å². The summed E-state index contributed by atoms with van der Waals surface area (Å²) in [6.45, 7) is 3.43. The van der Waals surface area contributed by atoms with Crippen molar-refractivity contribution in [3.8, 4) is 0 Å². The molecule has 0 saturated carbocycles. The smallest absolute Gasteiger partial charge is 0.206 e. The molecular weight excluding hydrogens is 290 g/mol. The Morgan fingerprint density at radius 3 is 2.89 bits per heavy atom. The van der Waals surface area contributed by atoms with Gasteiger partial charge in [0, 0.05) is 18.0 Å². The third kappa shape index (κ3) is 2.90. The Labute approximate surface area is 118 Å². The van der Waals surface area contributed by atoms with Crippen molar-refractivity contribution >= 4 is 33.0 Å². The normalized spacial score (nSPS) is 22.2. The summed E-state index contributed by atoms with van der Waals surface area (Å²) in [6.07, 6.45) is 3.15. The van der Waals surface area contributed by atoms with Crippen LogP contribution in [0.15, 0.2) is 16.3 Å². The molecule has 0 aromatic carbocycles. The molecule has 1 unspecified atom stereocenters. The standard InChI is InChI=1S/C12H18ClNO2S2/c1-2-10-4-3-7-14(9-10)18(15,16)12-6-5-11(8-13)17-12/h5-6,10H,2-4,7-9H2,1H3. The van der Waals surface area contributed by atoms with E-state index < -0.39 is 10.0 Å². The highest BCUT2D eigenvalue weighted by Gasteiger charge is 2.30. The Bertz CT molecular complexity index is 498. The molecule has 1 aliphatic rings. The first-order chi connectivity index (χ1) is 8.57. The number of hydrogen-bond donors (Lipinski definition) is 0. The van der Waals surface area contributed by atoms with Gasteiger partial charge < -0.3 is 0 Å². The van der Waals surface area contributed by atoms with E-state index in [0.717, 1.165) is 24.1 Å². The van der Waals surface area contributed by atoms with E-state index in [1.165, 1.54) is 11.3 Å². The maximum atomic E-state index is 12.5. The number of sulfonamides is 1. The number of nitrogens with zero attached hydrogens (tertiary/aromatic N) is 1. The Kier molecular flexibility index (Phi) is 4.69. The molecule has 1 atom stereocenters. The van der Waals surface area contributed by atoms with Crippen LogP contribution in [0.3, 0.4) is 0 Å². The summed E-state index contributed by atoms with van der Waals surface area (Å²) in [5, 5.41) is 0. The fourth-order valence-corrected chi connectivity index (χ4v) is 5.44. The van der Waals surface area contributed by atoms with Crippen molar-refractivity contribution in [1.29, 1.82) is 0 Å². The predicted molar refractivity (Wildman–Crippen MR) is 75.6 cm³/mol. The molecule has 0 amide bonds. The number of alkyl halides is 1. The van der Waals surface area contributed by atoms with Crippen molar-refractivity contribution in [2.24, 2.45) is 5.92 Å². The van der Waals surface area contributed by atoms with Crippen molar-refractivity contribution in [3.63, 3.8) is 0 Å². The minimum atomic E-state index is -3.30. The molecule has 2 rings (SSSR count). The lowest BCUT2D eigenvalue weighted by atomic mass is 9.97. The Morgan fingerprint density at radius 1 is 1.50 bits per heavy atom. The maximum Gasteiger partial charge on any atom is 0.252 e. The van der Waals surface area contributed by atoms with Crippen LogP contribution < -0.4 is 0 Å². The number of rotatable bonds is 4. The van der Waals surface area contributed by atoms with Gasteiger partial charge in [-0.3, -0.25) is 0 Å². The fourth-order valence-electron chi connectivity index (χ4n) is 2.27. The van der Waals surface area contributed by atoms with Crippen molar-refractivity contribution in [2.45, 2.75) is 36.3 Å². The Balaban J connectivity index is 2.19. The van der Waals surface area contributed by atoms with Crippen LogP contribution in [0.5, 0.6) is 0 Å². The molecule has 1 aromatic heterocycles. The van der Waals surface area contributed by atoms with Crippen LogP contribution in [0, 0.1) is 5.92 Å². The van der Waals surface area contributed by atoms with Gasteiger partial charge >= 0.3 is 0 Å². The average Bonchev–Trinajstić information content (AvgIpc) is 2.88. The molecule has 102 valence electrons. The molecule has 0 spiro atoms. The number of hydrogen-bond acceptors (Lipinski definition) is 3. The minimum absolute atomic E-state index is 0.373. The lowest BCUT2D eigenvalue weighted by Gasteiger charge is -2.30. The first-order valence-electron chi connectivity index (χ1n) is 6.22. The van der Waals surface area contributed by atoms with Gasteiger partial charge in [-0.05, 0) is 30.9 Å². The molecule has 0 radical (unpaired) electrons. The van der Waals surface area contributed by atoms with Crippen LogP contribution in [0.4, 0.5) is 0 Å². The van der Waals surface area contributed by atoms with Crippen LogP contribution >= 0.6 is 22.9 Å². The molecule has 1 saturated heterocycles. The third-order valence-electron chi connectivity index (χ3n) is 3.42. The maximum absolute atomic E-state index is 12.5. The quantitative estimate of drug-likeness (QED) is 0.800. The van der Waals surface area contributed by atoms with E-state index in [0.29, 0.717) is 29.1 Å². The largest absolute Gasteiger partial charge is 0.252 e. The van der Waals surface area contributed by atoms with E-state index in [1.54, 1.807) is 16.4 Å². The van der Waals surface area contributed by atoms with Crippen LogP contribution in [0.1, 0.15) is 31.1 Å². The van der Waals surface area contributed by atoms with Gasteiger partial charge in [-0.1, -0.05) is 13.3 Å². The van der Waals surface area contributed by atoms with E-state index in [-0.39, 0.29) is 0 Å². The third-order valence-corrected chi connectivity index (χ3v) is 7.29. The number of halogens is 1. The van der Waals surface area contributed by atoms with E-state index in [9.17, 15) is 8.42 Å². The molecular formula is C12H18ClNO2S2. The Morgan fingerprint density at radius 2 is 2.28 bits per heavy atom. The van der Waals surface area contributed by atoms with Gasteiger partial charge in [-0.25, -0.2) is 8.42 Å². The summed E-state index contributed by atoms with van der Waals surface area (Å²) in [6, 6.07) is 3.47. The van der Waals surface area contributed by atoms with Crippen LogP contribution in [0.25, 0.3) is 0 Å². The zero-order valence-corrected chi connectivity index (χ0v) is 12.8. The molecule has 1 fully saturated rings. The summed E-state index contributed by atoms with van der Waals surface area (Å²) in [7, 11) is -3.30. The molecule has 3 nitrogen and oxygen atoms in total. The Hall–Kier alpha value is -0.100. The van der Waals surface area contributed by atoms with Gasteiger partial charge in [0.05, 0.1) is 5.88 Å². The first-order valence-corrected chi connectivity index (χ1v) is 9.02. The zero-order chi connectivity index (χ0) is 13.2. The summed E-state index contributed by atoms with van der Waals surface area (Å²) in [5.41, 5.74) is 0. The zero-order valence-electron chi connectivity index (χ0n) is 10.4. The van der Waals surface area contributed by atoms with Crippen LogP contribution in [-0.4, -0.2) is 25.8 Å². The molecule has 0 N–H and O–H groups in total. The van der Waals surface area contributed by atoms with Gasteiger partial charge in [-0.2, -0.15) is 4.31 Å². The van der Waals surface area contributed by atoms with Crippen molar-refractivity contribution in [1.82, 2.24) is 4.31 Å². The minimum Gasteiger partial charge on any atom is -0.206 e. The highest BCUT2D eigenvalue weighted by Crippen LogP contribution is 2.29. The van der Waals surface area contributed by atoms with Gasteiger partial charge in [0.2, 0.25) is 0 Å². The molecule has 0 aliphatic carbocycles. The SMILES string of the molecule is CCC1CCCN(S(=O)(=O)c2ccc(CCl)s2)C1. The second-order valence-corrected chi connectivity index (χ2v) is 8.23. The molecule has 1 aliphatic heterocycles. The van der Waals surface area contributed by atoms with E-state index >= 15 is 0 Å². The van der Waals surface area contributed by atoms with Gasteiger partial charge in [0.15, 0.2) is 0 Å². The van der Waals surface area contributed by atoms with Gasteiger partial charge in [0.25, 0.3) is 10.0 Å². The van der Waals surface area contributed by atoms with Gasteiger partial charge in [0.1, 0.15) is 4.21 Å². The lowest BCUT2D eigenvalue weighted by Crippen LogP contribution is -2.39. The predicted octanol–water partition coefficient (Wildman–Crippen LogP) is 3.30. The molecule has 0 bridgehead atoms. The molecule has 18 heavy (non-hydrogen) atoms. The second kappa shape index (κ2) is 5.90. The molecule has 2 heterocycles. The summed E-state index contributed by atoms with van der Waals surface area (Å²) in [4.78, 5) is 0.902. The van der Waals surface area contributed by atoms with E-state index in [2.05, 4.69) is 6.92 Å². The van der Waals surface area contributed by atoms with Crippen molar-refractivity contribution < 1.29 is 8.42 Å². The highest BCUT2D eigenvalue weighted by molar-refractivity contribution is 7.91. The first kappa shape index (κ1) is 14.3. The molecule has 6 heteroatoms. The fraction of sp³-hybridized carbons (Fsp3) is 0.667. The van der Waals surface area contributed by atoms with Crippen molar-refractivity contribution in [3.05, 3.63) is 17.0 Å². The second-order valence-electron chi connectivity index (χ2n) is 4.63. The molecule has 1 aromatic rings. The lowest BCUT2D eigenvalue weighted by molar-refractivity contribution is 0.262. The monoisotopic (exact) mass is 307 g/mol. The number of piperidine rings is 1. The van der Waals surface area contributed by atoms with Crippen LogP contribution in [0.2, 0.25) is 0 Å². The average molecular weight is 308 g/mol. The topological polar surface area (TPSA) is 37.4 Å². The van der Waals surface area contributed by atoms with E-state index in [1.807, 2.05) is 0 Å². The van der Waals surface area contributed by atoms with Crippen molar-refractivity contribution in [2.75, 3.05) is 13.1 Å².